The second-order valence-electron chi connectivity index (χ2n) is 8.44. The summed E-state index contributed by atoms with van der Waals surface area (Å²) in [6.07, 6.45) is 2.46. The largest absolute Gasteiger partial charge is 0.353 e. The maximum Gasteiger partial charge on any atom is 0.159 e. The molecule has 0 spiro atoms. The number of rotatable bonds is 11. The molecule has 0 aliphatic carbocycles. The molecule has 0 bridgehead atoms. The Balaban J connectivity index is -0.000000380. The van der Waals surface area contributed by atoms with Gasteiger partial charge in [-0.25, -0.2) is 0 Å². The van der Waals surface area contributed by atoms with E-state index in [1.807, 2.05) is 55.4 Å². The van der Waals surface area contributed by atoms with E-state index in [0.29, 0.717) is 11.8 Å². The molecule has 1 heterocycles. The zero-order chi connectivity index (χ0) is 25.5. The van der Waals surface area contributed by atoms with E-state index >= 15 is 0 Å². The van der Waals surface area contributed by atoms with Crippen LogP contribution in [0.25, 0.3) is 0 Å². The van der Waals surface area contributed by atoms with Crippen LogP contribution >= 0.6 is 0 Å². The van der Waals surface area contributed by atoms with Gasteiger partial charge in [-0.1, -0.05) is 48.5 Å². The summed E-state index contributed by atoms with van der Waals surface area (Å²) in [5.41, 5.74) is 0. The first-order chi connectivity index (χ1) is 15.1. The Morgan fingerprint density at radius 2 is 1.12 bits per heavy atom. The molecule has 0 saturated carbocycles. The van der Waals surface area contributed by atoms with Crippen molar-refractivity contribution in [1.29, 1.82) is 0 Å². The van der Waals surface area contributed by atoms with E-state index in [0.717, 1.165) is 39.3 Å². The molecule has 0 N–H and O–H groups in total. The molecule has 0 radical (unpaired) electrons. The van der Waals surface area contributed by atoms with Gasteiger partial charge in [-0.15, -0.1) is 0 Å². The number of hydrogen-bond acceptors (Lipinski definition) is 6. The first kappa shape index (κ1) is 36.3. The van der Waals surface area contributed by atoms with Gasteiger partial charge in [0.05, 0.1) is 25.4 Å². The smallest absolute Gasteiger partial charge is 0.159 e. The van der Waals surface area contributed by atoms with E-state index in [2.05, 4.69) is 34.6 Å². The van der Waals surface area contributed by atoms with Crippen LogP contribution < -0.4 is 0 Å². The topological polar surface area (TPSA) is 55.4 Å². The summed E-state index contributed by atoms with van der Waals surface area (Å²) >= 11 is 0. The average Bonchev–Trinajstić information content (AvgIpc) is 2.75. The van der Waals surface area contributed by atoms with Crippen LogP contribution in [0.3, 0.4) is 0 Å². The van der Waals surface area contributed by atoms with Gasteiger partial charge in [0.25, 0.3) is 0 Å². The van der Waals surface area contributed by atoms with Gasteiger partial charge in [-0.3, -0.25) is 0 Å². The highest BCUT2D eigenvalue weighted by atomic mass is 16.7. The van der Waals surface area contributed by atoms with Crippen LogP contribution in [0.4, 0.5) is 0 Å². The fourth-order valence-electron chi connectivity index (χ4n) is 2.48. The summed E-state index contributed by atoms with van der Waals surface area (Å²) in [6.45, 7) is 29.7. The Bertz CT molecular complexity index is 325. The minimum atomic E-state index is -0.0324. The molecule has 0 aromatic heterocycles. The van der Waals surface area contributed by atoms with Crippen molar-refractivity contribution in [2.75, 3.05) is 26.4 Å². The van der Waals surface area contributed by atoms with Gasteiger partial charge < -0.3 is 28.4 Å². The van der Waals surface area contributed by atoms with E-state index in [1.54, 1.807) is 0 Å². The summed E-state index contributed by atoms with van der Waals surface area (Å²) < 4.78 is 32.3. The first-order valence-electron chi connectivity index (χ1n) is 12.9. The van der Waals surface area contributed by atoms with Crippen molar-refractivity contribution in [3.8, 4) is 0 Å². The van der Waals surface area contributed by atoms with Crippen molar-refractivity contribution in [3.63, 3.8) is 0 Å². The molecule has 0 aromatic carbocycles. The van der Waals surface area contributed by atoms with E-state index in [-0.39, 0.29) is 31.1 Å². The molecule has 1 fully saturated rings. The normalized spacial score (nSPS) is 14.3. The predicted octanol–water partition coefficient (Wildman–Crippen LogP) is 7.05. The Kier molecular flexibility index (Phi) is 28.8. The maximum atomic E-state index is 5.49. The fraction of sp³-hybridized carbons (Fsp3) is 1.00. The monoisotopic (exact) mass is 466 g/mol. The van der Waals surface area contributed by atoms with Crippen LogP contribution in [0.5, 0.6) is 0 Å². The third-order valence-electron chi connectivity index (χ3n) is 3.78. The van der Waals surface area contributed by atoms with Gasteiger partial charge in [0, 0.05) is 25.0 Å². The maximum absolute atomic E-state index is 5.49. The third-order valence-corrected chi connectivity index (χ3v) is 3.78. The van der Waals surface area contributed by atoms with Crippen molar-refractivity contribution < 1.29 is 28.4 Å². The number of ether oxygens (including phenoxy) is 6. The summed E-state index contributed by atoms with van der Waals surface area (Å²) in [5.74, 6) is 0.935. The molecule has 198 valence electrons. The zero-order valence-corrected chi connectivity index (χ0v) is 23.7. The van der Waals surface area contributed by atoms with Crippen LogP contribution in [-0.2, 0) is 28.4 Å². The van der Waals surface area contributed by atoms with Crippen LogP contribution in [-0.4, -0.2) is 57.5 Å². The molecule has 6 nitrogen and oxygen atoms in total. The Hall–Kier alpha value is -0.240. The second kappa shape index (κ2) is 25.4. The molecule has 0 aromatic rings. The van der Waals surface area contributed by atoms with Gasteiger partial charge in [-0.2, -0.15) is 0 Å². The highest BCUT2D eigenvalue weighted by Gasteiger charge is 2.17. The molecule has 0 atom stereocenters. The molecule has 6 heteroatoms. The lowest BCUT2D eigenvalue weighted by molar-refractivity contribution is -0.198. The van der Waals surface area contributed by atoms with Gasteiger partial charge in [0.1, 0.15) is 0 Å². The van der Waals surface area contributed by atoms with E-state index in [1.165, 1.54) is 0 Å². The molecule has 0 unspecified atom stereocenters. The van der Waals surface area contributed by atoms with Crippen molar-refractivity contribution in [1.82, 2.24) is 0 Å². The lowest BCUT2D eigenvalue weighted by Crippen LogP contribution is -2.29. The lowest BCUT2D eigenvalue weighted by atomic mass is 10.2. The van der Waals surface area contributed by atoms with Gasteiger partial charge >= 0.3 is 0 Å². The van der Waals surface area contributed by atoms with Gasteiger partial charge in [0.2, 0.25) is 0 Å². The molecule has 1 aliphatic heterocycles. The predicted molar refractivity (Wildman–Crippen MR) is 135 cm³/mol. The summed E-state index contributed by atoms with van der Waals surface area (Å²) in [6, 6.07) is 0. The fourth-order valence-corrected chi connectivity index (χ4v) is 2.48. The number of hydrogen-bond donors (Lipinski definition) is 0. The molecular weight excluding hydrogens is 408 g/mol. The van der Waals surface area contributed by atoms with Crippen LogP contribution in [0.2, 0.25) is 0 Å². The standard InChI is InChI=1S/C9H20O2.C8H18O2.C7H14O2.C2H6/c1-6-9(10-7(2)3)11-8(4)5;1-5-9-8(7(3)4)10-6-2;1-6(2)7-8-4-3-5-9-7;1-2/h7-9H,6H2,1-5H3;7-8H,5-6H2,1-4H3;6-7H,3-5H2,1-2H3;1-2H3. The van der Waals surface area contributed by atoms with Crippen LogP contribution in [0.1, 0.15) is 103 Å². The SMILES string of the molecule is CC.CC(C)C1OCCCO1.CCC(OC(C)C)OC(C)C.CCOC(OCC)C(C)C. The van der Waals surface area contributed by atoms with E-state index < -0.39 is 0 Å². The molecule has 32 heavy (non-hydrogen) atoms. The lowest BCUT2D eigenvalue weighted by Gasteiger charge is -2.25. The van der Waals surface area contributed by atoms with Gasteiger partial charge in [-0.05, 0) is 54.4 Å². The molecule has 0 amide bonds. The molecule has 1 rings (SSSR count). The summed E-state index contributed by atoms with van der Waals surface area (Å²) in [7, 11) is 0. The van der Waals surface area contributed by atoms with Crippen LogP contribution in [0, 0.1) is 11.8 Å². The zero-order valence-electron chi connectivity index (χ0n) is 23.7. The van der Waals surface area contributed by atoms with Crippen LogP contribution in [0.15, 0.2) is 0 Å². The van der Waals surface area contributed by atoms with E-state index in [9.17, 15) is 0 Å². The minimum Gasteiger partial charge on any atom is -0.353 e. The average molecular weight is 467 g/mol. The Labute approximate surface area is 201 Å². The molecule has 1 aliphatic rings. The van der Waals surface area contributed by atoms with Crippen molar-refractivity contribution in [3.05, 3.63) is 0 Å². The van der Waals surface area contributed by atoms with Crippen molar-refractivity contribution >= 4 is 0 Å². The molecule has 1 saturated heterocycles. The highest BCUT2D eigenvalue weighted by molar-refractivity contribution is 4.54. The van der Waals surface area contributed by atoms with Crippen molar-refractivity contribution in [2.45, 2.75) is 134 Å². The quantitative estimate of drug-likeness (QED) is 0.304. The van der Waals surface area contributed by atoms with Gasteiger partial charge in [0.15, 0.2) is 18.9 Å². The van der Waals surface area contributed by atoms with Crippen molar-refractivity contribution in [2.24, 2.45) is 11.8 Å². The first-order valence-corrected chi connectivity index (χ1v) is 12.9. The van der Waals surface area contributed by atoms with E-state index in [4.69, 9.17) is 28.4 Å². The Morgan fingerprint density at radius 3 is 1.34 bits per heavy atom. The highest BCUT2D eigenvalue weighted by Crippen LogP contribution is 2.12. The summed E-state index contributed by atoms with van der Waals surface area (Å²) in [4.78, 5) is 0. The minimum absolute atomic E-state index is 0.0185. The molecular formula is C26H58O6. The second-order valence-corrected chi connectivity index (χ2v) is 8.44. The Morgan fingerprint density at radius 1 is 0.719 bits per heavy atom. The third kappa shape index (κ3) is 24.4. The summed E-state index contributed by atoms with van der Waals surface area (Å²) in [5, 5.41) is 0.